The van der Waals surface area contributed by atoms with E-state index in [2.05, 4.69) is 22.0 Å². The van der Waals surface area contributed by atoms with Crippen molar-refractivity contribution >= 4 is 44.9 Å². The lowest BCUT2D eigenvalue weighted by atomic mass is 10.0. The fourth-order valence-electron chi connectivity index (χ4n) is 2.83. The quantitative estimate of drug-likeness (QED) is 0.157. The number of halogens is 2. The van der Waals surface area contributed by atoms with Gasteiger partial charge in [-0.25, -0.2) is 0 Å². The molecule has 3 aromatic rings. The van der Waals surface area contributed by atoms with Gasteiger partial charge in [-0.3, -0.25) is 10.1 Å². The predicted molar refractivity (Wildman–Crippen MR) is 123 cm³/mol. The molecule has 0 N–H and O–H groups in total. The maximum atomic E-state index is 11.0. The number of nitriles is 1. The topological polar surface area (TPSA) is 85.4 Å². The number of nitro benzene ring substituents is 1. The molecule has 0 spiro atoms. The molecular formula is C23H16BrClN2O4. The number of methoxy groups -OCH3 is 1. The first-order valence-corrected chi connectivity index (χ1v) is 10.2. The first-order valence-electron chi connectivity index (χ1n) is 9.02. The zero-order valence-corrected chi connectivity index (χ0v) is 18.7. The Labute approximate surface area is 192 Å². The van der Waals surface area contributed by atoms with Gasteiger partial charge in [0.2, 0.25) is 0 Å². The van der Waals surface area contributed by atoms with Gasteiger partial charge >= 0.3 is 0 Å². The van der Waals surface area contributed by atoms with Crippen molar-refractivity contribution in [2.75, 3.05) is 7.11 Å². The van der Waals surface area contributed by atoms with Crippen LogP contribution in [0.2, 0.25) is 5.02 Å². The van der Waals surface area contributed by atoms with Gasteiger partial charge in [0, 0.05) is 17.2 Å². The molecule has 0 radical (unpaired) electrons. The third-order valence-corrected chi connectivity index (χ3v) is 5.19. The second kappa shape index (κ2) is 10.1. The summed E-state index contributed by atoms with van der Waals surface area (Å²) < 4.78 is 12.0. The van der Waals surface area contributed by atoms with Crippen LogP contribution in [0.15, 0.2) is 65.1 Å². The molecule has 0 heterocycles. The number of benzene rings is 3. The van der Waals surface area contributed by atoms with Gasteiger partial charge in [0.25, 0.3) is 5.69 Å². The maximum absolute atomic E-state index is 11.0. The van der Waals surface area contributed by atoms with Gasteiger partial charge in [0.15, 0.2) is 11.5 Å². The number of hydrogen-bond donors (Lipinski definition) is 0. The van der Waals surface area contributed by atoms with E-state index in [1.807, 2.05) is 12.1 Å². The smallest absolute Gasteiger partial charge is 0.270 e. The summed E-state index contributed by atoms with van der Waals surface area (Å²) in [4.78, 5) is 10.5. The number of rotatable bonds is 7. The van der Waals surface area contributed by atoms with Crippen molar-refractivity contribution in [1.29, 1.82) is 5.26 Å². The zero-order valence-electron chi connectivity index (χ0n) is 16.3. The minimum absolute atomic E-state index is 0.0802. The van der Waals surface area contributed by atoms with Crippen LogP contribution in [-0.2, 0) is 6.61 Å². The Morgan fingerprint density at radius 2 is 1.97 bits per heavy atom. The van der Waals surface area contributed by atoms with E-state index in [1.165, 1.54) is 19.2 Å². The van der Waals surface area contributed by atoms with Crippen molar-refractivity contribution in [3.8, 4) is 17.6 Å². The second-order valence-corrected chi connectivity index (χ2v) is 7.72. The summed E-state index contributed by atoms with van der Waals surface area (Å²) in [7, 11) is 1.52. The van der Waals surface area contributed by atoms with Gasteiger partial charge in [-0.15, -0.1) is 0 Å². The van der Waals surface area contributed by atoms with Crippen LogP contribution < -0.4 is 9.47 Å². The highest BCUT2D eigenvalue weighted by Gasteiger charge is 2.13. The molecule has 0 amide bonds. The molecular weight excluding hydrogens is 484 g/mol. The van der Waals surface area contributed by atoms with Crippen molar-refractivity contribution in [2.45, 2.75) is 6.61 Å². The summed E-state index contributed by atoms with van der Waals surface area (Å²) >= 11 is 9.41. The van der Waals surface area contributed by atoms with Crippen molar-refractivity contribution in [3.05, 3.63) is 97.0 Å². The van der Waals surface area contributed by atoms with Crippen LogP contribution in [0.3, 0.4) is 0 Å². The monoisotopic (exact) mass is 498 g/mol. The summed E-state index contributed by atoms with van der Waals surface area (Å²) in [5.74, 6) is 0.995. The second-order valence-electron chi connectivity index (χ2n) is 6.43. The molecule has 0 aliphatic heterocycles. The number of nitrogens with zero attached hydrogens (tertiary/aromatic N) is 2. The minimum Gasteiger partial charge on any atom is -0.493 e. The molecule has 6 nitrogen and oxygen atoms in total. The van der Waals surface area contributed by atoms with E-state index >= 15 is 0 Å². The Balaban J connectivity index is 1.90. The lowest BCUT2D eigenvalue weighted by molar-refractivity contribution is -0.384. The van der Waals surface area contributed by atoms with E-state index in [9.17, 15) is 15.4 Å². The number of ether oxygens (including phenoxy) is 2. The van der Waals surface area contributed by atoms with Gasteiger partial charge in [0.1, 0.15) is 6.61 Å². The average Bonchev–Trinajstić information content (AvgIpc) is 2.77. The van der Waals surface area contributed by atoms with E-state index in [0.717, 1.165) is 5.56 Å². The molecule has 0 bridgehead atoms. The van der Waals surface area contributed by atoms with Crippen molar-refractivity contribution in [1.82, 2.24) is 0 Å². The van der Waals surface area contributed by atoms with Crippen LogP contribution in [0.5, 0.6) is 11.5 Å². The van der Waals surface area contributed by atoms with E-state index in [-0.39, 0.29) is 11.3 Å². The molecule has 0 unspecified atom stereocenters. The molecule has 3 aromatic carbocycles. The van der Waals surface area contributed by atoms with Crippen molar-refractivity contribution in [3.63, 3.8) is 0 Å². The SMILES string of the molecule is COc1cc(/C=C(/C#N)c2cccc([N+](=O)[O-])c2)cc(Br)c1OCc1ccc(Cl)cc1. The van der Waals surface area contributed by atoms with Crippen LogP contribution in [0.4, 0.5) is 5.69 Å². The molecule has 0 saturated heterocycles. The normalized spacial score (nSPS) is 11.0. The fraction of sp³-hybridized carbons (Fsp3) is 0.0870. The van der Waals surface area contributed by atoms with Gasteiger partial charge in [-0.1, -0.05) is 35.9 Å². The number of non-ortho nitro benzene ring substituents is 1. The Hall–Kier alpha value is -3.34. The first kappa shape index (κ1) is 22.3. The highest BCUT2D eigenvalue weighted by molar-refractivity contribution is 9.10. The Morgan fingerprint density at radius 3 is 2.61 bits per heavy atom. The zero-order chi connectivity index (χ0) is 22.4. The van der Waals surface area contributed by atoms with Crippen LogP contribution in [0, 0.1) is 21.4 Å². The van der Waals surface area contributed by atoms with Gasteiger partial charge < -0.3 is 9.47 Å². The number of nitro groups is 1. The fourth-order valence-corrected chi connectivity index (χ4v) is 3.53. The lowest BCUT2D eigenvalue weighted by Gasteiger charge is -2.14. The molecule has 0 saturated carbocycles. The molecule has 31 heavy (non-hydrogen) atoms. The number of allylic oxidation sites excluding steroid dienone is 1. The van der Waals surface area contributed by atoms with Gasteiger partial charge in [0.05, 0.1) is 28.1 Å². The number of hydrogen-bond acceptors (Lipinski definition) is 5. The van der Waals surface area contributed by atoms with Crippen LogP contribution >= 0.6 is 27.5 Å². The van der Waals surface area contributed by atoms with Crippen LogP contribution in [0.1, 0.15) is 16.7 Å². The summed E-state index contributed by atoms with van der Waals surface area (Å²) in [5.41, 5.74) is 2.27. The van der Waals surface area contributed by atoms with Crippen LogP contribution in [0.25, 0.3) is 11.6 Å². The largest absolute Gasteiger partial charge is 0.493 e. The van der Waals surface area contributed by atoms with Gasteiger partial charge in [-0.2, -0.15) is 5.26 Å². The standard InChI is InChI=1S/C23H16BrClN2O4/c1-30-22-11-16(9-18(13-26)17-3-2-4-20(12-17)27(28)29)10-21(24)23(22)31-14-15-5-7-19(25)8-6-15/h2-12H,14H2,1H3/b18-9-. The molecule has 3 rings (SSSR count). The van der Waals surface area contributed by atoms with E-state index in [0.29, 0.717) is 38.7 Å². The minimum atomic E-state index is -0.495. The third-order valence-electron chi connectivity index (χ3n) is 4.35. The Morgan fingerprint density at radius 1 is 1.23 bits per heavy atom. The maximum Gasteiger partial charge on any atom is 0.270 e. The molecule has 8 heteroatoms. The highest BCUT2D eigenvalue weighted by Crippen LogP contribution is 2.38. The van der Waals surface area contributed by atoms with Gasteiger partial charge in [-0.05, 0) is 63.0 Å². The Bertz CT molecular complexity index is 1190. The summed E-state index contributed by atoms with van der Waals surface area (Å²) in [5, 5.41) is 21.3. The molecule has 0 aliphatic carbocycles. The van der Waals surface area contributed by atoms with Crippen molar-refractivity contribution < 1.29 is 14.4 Å². The Kier molecular flexibility index (Phi) is 7.29. The van der Waals surface area contributed by atoms with E-state index < -0.39 is 4.92 Å². The third kappa shape index (κ3) is 5.63. The molecule has 0 aliphatic rings. The average molecular weight is 500 g/mol. The highest BCUT2D eigenvalue weighted by atomic mass is 79.9. The van der Waals surface area contributed by atoms with E-state index in [4.69, 9.17) is 21.1 Å². The first-order chi connectivity index (χ1) is 14.9. The molecule has 0 aromatic heterocycles. The van der Waals surface area contributed by atoms with Crippen molar-refractivity contribution in [2.24, 2.45) is 0 Å². The molecule has 0 atom stereocenters. The molecule has 156 valence electrons. The summed E-state index contributed by atoms with van der Waals surface area (Å²) in [6.07, 6.45) is 1.63. The summed E-state index contributed by atoms with van der Waals surface area (Å²) in [6.45, 7) is 0.318. The summed E-state index contributed by atoms with van der Waals surface area (Å²) in [6, 6.07) is 18.9. The predicted octanol–water partition coefficient (Wildman–Crippen LogP) is 6.66. The lowest BCUT2D eigenvalue weighted by Crippen LogP contribution is -1.99. The molecule has 0 fully saturated rings. The van der Waals surface area contributed by atoms with Crippen LogP contribution in [-0.4, -0.2) is 12.0 Å². The van der Waals surface area contributed by atoms with E-state index in [1.54, 1.807) is 42.5 Å².